The van der Waals surface area contributed by atoms with E-state index in [0.717, 1.165) is 89.9 Å². The summed E-state index contributed by atoms with van der Waals surface area (Å²) in [4.78, 5) is 38.0. The Morgan fingerprint density at radius 2 is 0.562 bits per heavy atom. The van der Waals surface area contributed by atoms with Crippen molar-refractivity contribution >= 4 is 17.9 Å². The van der Waals surface area contributed by atoms with Gasteiger partial charge in [-0.3, -0.25) is 14.4 Å². The maximum Gasteiger partial charge on any atom is 0.306 e. The summed E-state index contributed by atoms with van der Waals surface area (Å²) in [7, 11) is 0. The lowest BCUT2D eigenvalue weighted by molar-refractivity contribution is -0.167. The van der Waals surface area contributed by atoms with Gasteiger partial charge in [0.15, 0.2) is 6.10 Å². The van der Waals surface area contributed by atoms with E-state index >= 15 is 0 Å². The van der Waals surface area contributed by atoms with E-state index in [2.05, 4.69) is 81.5 Å². The van der Waals surface area contributed by atoms with Crippen LogP contribution in [0.1, 0.15) is 271 Å². The first kappa shape index (κ1) is 61.1. The molecule has 1 atom stereocenters. The van der Waals surface area contributed by atoms with Crippen LogP contribution in [-0.2, 0) is 28.6 Å². The Morgan fingerprint density at radius 3 is 0.938 bits per heavy atom. The van der Waals surface area contributed by atoms with Crippen LogP contribution >= 0.6 is 0 Å². The van der Waals surface area contributed by atoms with Gasteiger partial charge < -0.3 is 14.2 Å². The fraction of sp³-hybridized carbons (Fsp3) is 0.776. The summed E-state index contributed by atoms with van der Waals surface area (Å²) < 4.78 is 16.8. The average Bonchev–Trinajstić information content (AvgIpc) is 3.29. The fourth-order valence-electron chi connectivity index (χ4n) is 7.60. The van der Waals surface area contributed by atoms with Crippen LogP contribution in [0.3, 0.4) is 0 Å². The Bertz CT molecular complexity index is 1170. The molecule has 0 aliphatic heterocycles. The average molecular weight is 895 g/mol. The van der Waals surface area contributed by atoms with Crippen molar-refractivity contribution in [3.63, 3.8) is 0 Å². The summed E-state index contributed by atoms with van der Waals surface area (Å²) in [6, 6.07) is 0. The third-order valence-corrected chi connectivity index (χ3v) is 11.7. The molecule has 0 fully saturated rings. The van der Waals surface area contributed by atoms with Gasteiger partial charge in [-0.2, -0.15) is 0 Å². The molecule has 0 bridgehead atoms. The molecule has 0 aromatic rings. The number of allylic oxidation sites excluding steroid dienone is 10. The van der Waals surface area contributed by atoms with Crippen molar-refractivity contribution in [2.24, 2.45) is 0 Å². The Kier molecular flexibility index (Phi) is 50.4. The molecule has 0 saturated heterocycles. The van der Waals surface area contributed by atoms with Crippen LogP contribution in [0.5, 0.6) is 0 Å². The topological polar surface area (TPSA) is 78.9 Å². The largest absolute Gasteiger partial charge is 0.462 e. The quantitative estimate of drug-likeness (QED) is 0.0262. The number of unbranched alkanes of at least 4 members (excludes halogenated alkanes) is 28. The molecule has 0 aliphatic rings. The second-order valence-electron chi connectivity index (χ2n) is 18.1. The smallest absolute Gasteiger partial charge is 0.306 e. The number of ether oxygens (including phenoxy) is 3. The minimum absolute atomic E-state index is 0.0920. The van der Waals surface area contributed by atoms with Crippen LogP contribution < -0.4 is 0 Å². The zero-order chi connectivity index (χ0) is 46.5. The number of carbonyl (C=O) groups is 3. The highest BCUT2D eigenvalue weighted by Gasteiger charge is 2.19. The maximum absolute atomic E-state index is 12.8. The minimum Gasteiger partial charge on any atom is -0.462 e. The van der Waals surface area contributed by atoms with E-state index in [1.54, 1.807) is 0 Å². The van der Waals surface area contributed by atoms with E-state index < -0.39 is 6.10 Å². The van der Waals surface area contributed by atoms with Gasteiger partial charge in [0, 0.05) is 19.3 Å². The van der Waals surface area contributed by atoms with Crippen molar-refractivity contribution in [1.82, 2.24) is 0 Å². The number of hydrogen-bond donors (Lipinski definition) is 0. The van der Waals surface area contributed by atoms with Gasteiger partial charge in [-0.15, -0.1) is 0 Å². The molecule has 0 N–H and O–H groups in total. The Labute approximate surface area is 396 Å². The van der Waals surface area contributed by atoms with Crippen molar-refractivity contribution in [3.8, 4) is 0 Å². The SMILES string of the molecule is CCCCC/C=C\C/C=C\C/C=C\CCCCC(=O)O[C@H](COC(=O)CCCCCCC/C=C\C/C=C\CCCCC)COC(=O)CCCCCCCCCCCCCCCCCC. The molecule has 0 aliphatic carbocycles. The van der Waals surface area contributed by atoms with Crippen molar-refractivity contribution in [2.75, 3.05) is 13.2 Å². The first-order chi connectivity index (χ1) is 31.5. The highest BCUT2D eigenvalue weighted by Crippen LogP contribution is 2.15. The molecule has 0 aromatic heterocycles. The molecule has 0 rings (SSSR count). The van der Waals surface area contributed by atoms with Gasteiger partial charge in [0.25, 0.3) is 0 Å². The maximum atomic E-state index is 12.8. The number of carbonyl (C=O) groups excluding carboxylic acids is 3. The number of rotatable bonds is 49. The predicted molar refractivity (Wildman–Crippen MR) is 275 cm³/mol. The lowest BCUT2D eigenvalue weighted by atomic mass is 10.0. The number of hydrogen-bond acceptors (Lipinski definition) is 6. The molecule has 0 unspecified atom stereocenters. The molecule has 6 nitrogen and oxygen atoms in total. The summed E-state index contributed by atoms with van der Waals surface area (Å²) in [6.07, 6.45) is 64.9. The van der Waals surface area contributed by atoms with Gasteiger partial charge in [0.1, 0.15) is 13.2 Å². The minimum atomic E-state index is -0.798. The summed E-state index contributed by atoms with van der Waals surface area (Å²) >= 11 is 0. The zero-order valence-electron chi connectivity index (χ0n) is 42.3. The van der Waals surface area contributed by atoms with Gasteiger partial charge in [-0.1, -0.05) is 223 Å². The molecular weight excluding hydrogens is 793 g/mol. The molecule has 6 heteroatoms. The van der Waals surface area contributed by atoms with Crippen LogP contribution in [-0.4, -0.2) is 37.2 Å². The highest BCUT2D eigenvalue weighted by atomic mass is 16.6. The molecule has 0 heterocycles. The van der Waals surface area contributed by atoms with E-state index in [1.807, 2.05) is 0 Å². The summed E-state index contributed by atoms with van der Waals surface area (Å²) in [5, 5.41) is 0. The van der Waals surface area contributed by atoms with Gasteiger partial charge in [-0.05, 0) is 89.9 Å². The molecule has 0 radical (unpaired) electrons. The zero-order valence-corrected chi connectivity index (χ0v) is 42.3. The molecule has 0 aromatic carbocycles. The molecule has 0 saturated carbocycles. The molecular formula is C58H102O6. The Balaban J connectivity index is 4.44. The fourth-order valence-corrected chi connectivity index (χ4v) is 7.60. The highest BCUT2D eigenvalue weighted by molar-refractivity contribution is 5.71. The predicted octanol–water partition coefficient (Wildman–Crippen LogP) is 18.0. The monoisotopic (exact) mass is 895 g/mol. The van der Waals surface area contributed by atoms with Crippen molar-refractivity contribution in [3.05, 3.63) is 60.8 Å². The molecule has 370 valence electrons. The van der Waals surface area contributed by atoms with E-state index in [9.17, 15) is 14.4 Å². The van der Waals surface area contributed by atoms with Gasteiger partial charge in [0.05, 0.1) is 0 Å². The number of esters is 3. The second kappa shape index (κ2) is 52.7. The molecule has 64 heavy (non-hydrogen) atoms. The van der Waals surface area contributed by atoms with E-state index in [1.165, 1.54) is 135 Å². The van der Waals surface area contributed by atoms with Gasteiger partial charge in [-0.25, -0.2) is 0 Å². The van der Waals surface area contributed by atoms with E-state index in [4.69, 9.17) is 14.2 Å². The lowest BCUT2D eigenvalue weighted by Crippen LogP contribution is -2.30. The van der Waals surface area contributed by atoms with Crippen LogP contribution in [0.4, 0.5) is 0 Å². The summed E-state index contributed by atoms with van der Waals surface area (Å²) in [5.41, 5.74) is 0. The first-order valence-corrected chi connectivity index (χ1v) is 27.3. The van der Waals surface area contributed by atoms with Crippen LogP contribution in [0.15, 0.2) is 60.8 Å². The van der Waals surface area contributed by atoms with Gasteiger partial charge in [0.2, 0.25) is 0 Å². The van der Waals surface area contributed by atoms with E-state index in [0.29, 0.717) is 19.3 Å². The first-order valence-electron chi connectivity index (χ1n) is 27.3. The van der Waals surface area contributed by atoms with E-state index in [-0.39, 0.29) is 37.5 Å². The Hall–Kier alpha value is -2.89. The van der Waals surface area contributed by atoms with Gasteiger partial charge >= 0.3 is 17.9 Å². The lowest BCUT2D eigenvalue weighted by Gasteiger charge is -2.18. The second-order valence-corrected chi connectivity index (χ2v) is 18.1. The normalized spacial score (nSPS) is 12.5. The van der Waals surface area contributed by atoms with Crippen molar-refractivity contribution < 1.29 is 28.6 Å². The molecule has 0 amide bonds. The van der Waals surface area contributed by atoms with Crippen LogP contribution in [0.25, 0.3) is 0 Å². The van der Waals surface area contributed by atoms with Crippen LogP contribution in [0, 0.1) is 0 Å². The third-order valence-electron chi connectivity index (χ3n) is 11.7. The standard InChI is InChI=1S/C58H102O6/c1-4-7-10-13-16-19-22-25-28-31-33-36-39-42-45-48-51-57(60)63-54-55(64-58(61)52-49-46-43-40-37-34-30-27-24-21-18-15-12-9-6-3)53-62-56(59)50-47-44-41-38-35-32-29-26-23-20-17-14-11-8-5-2/h17-18,20-21,26-27,29-30,37,40,55H,4-16,19,22-25,28,31-36,38-39,41-54H2,1-3H3/b20-17-,21-18-,29-26-,30-27-,40-37-/t55-/m1/s1. The van der Waals surface area contributed by atoms with Crippen molar-refractivity contribution in [2.45, 2.75) is 277 Å². The van der Waals surface area contributed by atoms with Crippen LogP contribution in [0.2, 0.25) is 0 Å². The van der Waals surface area contributed by atoms with Crippen molar-refractivity contribution in [1.29, 1.82) is 0 Å². The molecule has 0 spiro atoms. The third kappa shape index (κ3) is 50.1. The summed E-state index contributed by atoms with van der Waals surface area (Å²) in [6.45, 7) is 6.56. The Morgan fingerprint density at radius 1 is 0.312 bits per heavy atom. The summed E-state index contributed by atoms with van der Waals surface area (Å²) in [5.74, 6) is -0.937.